The highest BCUT2D eigenvalue weighted by Crippen LogP contribution is 2.32. The first kappa shape index (κ1) is 20.4. The number of carbonyl (C=O) groups excluding carboxylic acids is 2. The van der Waals surface area contributed by atoms with Crippen molar-refractivity contribution in [3.63, 3.8) is 0 Å². The summed E-state index contributed by atoms with van der Waals surface area (Å²) in [5.74, 6) is -1.00. The monoisotopic (exact) mass is 429 g/mol. The second-order valence-corrected chi connectivity index (χ2v) is 7.82. The zero-order valence-electron chi connectivity index (χ0n) is 16.2. The molecule has 0 bridgehead atoms. The SMILES string of the molecule is O=C(NCc1ccccc1)C1=CC2(CCN(C(=O)c3ccc(F)c(Cl)c3)CC2)ON1. The minimum atomic E-state index is -0.628. The Morgan fingerprint density at radius 1 is 1.17 bits per heavy atom. The van der Waals surface area contributed by atoms with Gasteiger partial charge in [-0.05, 0) is 29.8 Å². The van der Waals surface area contributed by atoms with E-state index in [-0.39, 0.29) is 16.8 Å². The maximum atomic E-state index is 13.3. The van der Waals surface area contributed by atoms with Crippen molar-refractivity contribution in [1.29, 1.82) is 0 Å². The molecule has 2 heterocycles. The molecule has 156 valence electrons. The van der Waals surface area contributed by atoms with Gasteiger partial charge in [-0.25, -0.2) is 4.39 Å². The number of benzene rings is 2. The Labute approximate surface area is 178 Å². The number of hydrogen-bond donors (Lipinski definition) is 2. The molecular formula is C22H21ClFN3O3. The van der Waals surface area contributed by atoms with Crippen molar-refractivity contribution in [2.75, 3.05) is 13.1 Å². The van der Waals surface area contributed by atoms with Crippen LogP contribution in [0.1, 0.15) is 28.8 Å². The highest BCUT2D eigenvalue weighted by atomic mass is 35.5. The zero-order valence-corrected chi connectivity index (χ0v) is 16.9. The summed E-state index contributed by atoms with van der Waals surface area (Å²) in [6.45, 7) is 1.32. The third-order valence-electron chi connectivity index (χ3n) is 5.38. The van der Waals surface area contributed by atoms with Gasteiger partial charge in [0.25, 0.3) is 11.8 Å². The molecule has 0 unspecified atom stereocenters. The number of likely N-dealkylation sites (tertiary alicyclic amines) is 1. The predicted molar refractivity (Wildman–Crippen MR) is 110 cm³/mol. The van der Waals surface area contributed by atoms with Gasteiger partial charge < -0.3 is 10.2 Å². The lowest BCUT2D eigenvalue weighted by Crippen LogP contribution is -2.46. The maximum absolute atomic E-state index is 13.3. The van der Waals surface area contributed by atoms with E-state index in [1.165, 1.54) is 18.2 Å². The lowest BCUT2D eigenvalue weighted by molar-refractivity contribution is -0.120. The van der Waals surface area contributed by atoms with Gasteiger partial charge in [0.2, 0.25) is 0 Å². The van der Waals surface area contributed by atoms with Crippen LogP contribution < -0.4 is 10.8 Å². The van der Waals surface area contributed by atoms with Crippen molar-refractivity contribution in [1.82, 2.24) is 15.7 Å². The first-order chi connectivity index (χ1) is 14.5. The second-order valence-electron chi connectivity index (χ2n) is 7.42. The number of nitrogens with zero attached hydrogens (tertiary/aromatic N) is 1. The molecule has 0 radical (unpaired) electrons. The summed E-state index contributed by atoms with van der Waals surface area (Å²) in [5, 5.41) is 2.79. The topological polar surface area (TPSA) is 70.7 Å². The Bertz CT molecular complexity index is 988. The van der Waals surface area contributed by atoms with Gasteiger partial charge in [-0.1, -0.05) is 41.9 Å². The summed E-state index contributed by atoms with van der Waals surface area (Å²) >= 11 is 5.79. The molecule has 0 aliphatic carbocycles. The summed E-state index contributed by atoms with van der Waals surface area (Å²) in [7, 11) is 0. The molecule has 6 nitrogen and oxygen atoms in total. The number of hydrogen-bond acceptors (Lipinski definition) is 4. The smallest absolute Gasteiger partial charge is 0.269 e. The molecule has 2 aromatic rings. The Balaban J connectivity index is 1.34. The number of hydroxylamine groups is 1. The quantitative estimate of drug-likeness (QED) is 0.783. The van der Waals surface area contributed by atoms with Gasteiger partial charge in [0.15, 0.2) is 0 Å². The van der Waals surface area contributed by atoms with Crippen LogP contribution in [-0.4, -0.2) is 35.4 Å². The molecule has 8 heteroatoms. The molecule has 2 aromatic carbocycles. The Morgan fingerprint density at radius 3 is 2.60 bits per heavy atom. The number of rotatable bonds is 4. The fraction of sp³-hybridized carbons (Fsp3) is 0.273. The van der Waals surface area contributed by atoms with Crippen molar-refractivity contribution in [2.24, 2.45) is 0 Å². The van der Waals surface area contributed by atoms with E-state index in [0.717, 1.165) is 5.56 Å². The largest absolute Gasteiger partial charge is 0.347 e. The Kier molecular flexibility index (Phi) is 5.74. The molecule has 2 aliphatic heterocycles. The van der Waals surface area contributed by atoms with E-state index in [1.807, 2.05) is 30.3 Å². The van der Waals surface area contributed by atoms with Gasteiger partial charge in [-0.2, -0.15) is 0 Å². The molecule has 1 fully saturated rings. The van der Waals surface area contributed by atoms with E-state index in [1.54, 1.807) is 11.0 Å². The molecule has 1 saturated heterocycles. The first-order valence-electron chi connectivity index (χ1n) is 9.69. The minimum Gasteiger partial charge on any atom is -0.347 e. The summed E-state index contributed by atoms with van der Waals surface area (Å²) in [6, 6.07) is 13.6. The Morgan fingerprint density at radius 2 is 1.90 bits per heavy atom. The number of amides is 2. The van der Waals surface area contributed by atoms with E-state index in [0.29, 0.717) is 43.7 Å². The van der Waals surface area contributed by atoms with Crippen LogP contribution in [0.25, 0.3) is 0 Å². The lowest BCUT2D eigenvalue weighted by Gasteiger charge is -2.36. The summed E-state index contributed by atoms with van der Waals surface area (Å²) in [4.78, 5) is 32.5. The molecule has 2 N–H and O–H groups in total. The molecule has 0 aromatic heterocycles. The average Bonchev–Trinajstić information content (AvgIpc) is 3.18. The van der Waals surface area contributed by atoms with Crippen molar-refractivity contribution >= 4 is 23.4 Å². The van der Waals surface area contributed by atoms with E-state index in [9.17, 15) is 14.0 Å². The van der Waals surface area contributed by atoms with E-state index < -0.39 is 11.4 Å². The van der Waals surface area contributed by atoms with Gasteiger partial charge in [0.1, 0.15) is 17.1 Å². The van der Waals surface area contributed by atoms with Gasteiger partial charge in [-0.15, -0.1) is 0 Å². The number of nitrogens with one attached hydrogen (secondary N) is 2. The fourth-order valence-corrected chi connectivity index (χ4v) is 3.79. The van der Waals surface area contributed by atoms with Crippen LogP contribution in [0, 0.1) is 5.82 Å². The van der Waals surface area contributed by atoms with Gasteiger partial charge in [0, 0.05) is 38.0 Å². The van der Waals surface area contributed by atoms with Crippen LogP contribution in [0.3, 0.4) is 0 Å². The molecule has 30 heavy (non-hydrogen) atoms. The number of halogens is 2. The highest BCUT2D eigenvalue weighted by molar-refractivity contribution is 6.31. The van der Waals surface area contributed by atoms with Crippen molar-refractivity contribution in [3.05, 3.63) is 82.3 Å². The van der Waals surface area contributed by atoms with E-state index in [2.05, 4.69) is 10.8 Å². The van der Waals surface area contributed by atoms with Crippen LogP contribution in [0.2, 0.25) is 5.02 Å². The van der Waals surface area contributed by atoms with Gasteiger partial charge >= 0.3 is 0 Å². The first-order valence-corrected chi connectivity index (χ1v) is 10.1. The van der Waals surface area contributed by atoms with Crippen LogP contribution in [0.4, 0.5) is 4.39 Å². The third kappa shape index (κ3) is 4.32. The summed E-state index contributed by atoms with van der Waals surface area (Å²) in [6.07, 6.45) is 2.87. The summed E-state index contributed by atoms with van der Waals surface area (Å²) in [5.41, 5.74) is 3.83. The van der Waals surface area contributed by atoms with Crippen LogP contribution in [0.5, 0.6) is 0 Å². The highest BCUT2D eigenvalue weighted by Gasteiger charge is 2.41. The predicted octanol–water partition coefficient (Wildman–Crippen LogP) is 3.19. The summed E-state index contributed by atoms with van der Waals surface area (Å²) < 4.78 is 13.3. The van der Waals surface area contributed by atoms with Crippen molar-refractivity contribution < 1.29 is 18.8 Å². The molecule has 2 amide bonds. The van der Waals surface area contributed by atoms with Crippen LogP contribution >= 0.6 is 11.6 Å². The van der Waals surface area contributed by atoms with Crippen LogP contribution in [0.15, 0.2) is 60.3 Å². The molecule has 2 aliphatic rings. The number of piperidine rings is 1. The van der Waals surface area contributed by atoms with Crippen molar-refractivity contribution in [2.45, 2.75) is 25.0 Å². The van der Waals surface area contributed by atoms with Gasteiger partial charge in [0.05, 0.1) is 5.02 Å². The van der Waals surface area contributed by atoms with E-state index in [4.69, 9.17) is 16.4 Å². The van der Waals surface area contributed by atoms with Gasteiger partial charge in [-0.3, -0.25) is 19.9 Å². The molecule has 0 atom stereocenters. The normalized spacial score (nSPS) is 17.4. The fourth-order valence-electron chi connectivity index (χ4n) is 3.61. The third-order valence-corrected chi connectivity index (χ3v) is 5.67. The van der Waals surface area contributed by atoms with Crippen LogP contribution in [-0.2, 0) is 16.2 Å². The lowest BCUT2D eigenvalue weighted by atomic mass is 9.90. The standard InChI is InChI=1S/C22H21ClFN3O3/c23-17-12-16(6-7-18(17)24)21(29)27-10-8-22(9-11-27)13-19(26-30-22)20(28)25-14-15-4-2-1-3-5-15/h1-7,12-13,26H,8-11,14H2,(H,25,28). The number of carbonyl (C=O) groups is 2. The molecule has 4 rings (SSSR count). The molecular weight excluding hydrogens is 409 g/mol. The average molecular weight is 430 g/mol. The zero-order chi connectivity index (χ0) is 21.1. The minimum absolute atomic E-state index is 0.0771. The molecule has 1 spiro atoms. The van der Waals surface area contributed by atoms with E-state index >= 15 is 0 Å². The van der Waals surface area contributed by atoms with Crippen molar-refractivity contribution in [3.8, 4) is 0 Å². The second kappa shape index (κ2) is 8.45. The Hall–Kier alpha value is -2.90. The molecule has 0 saturated carbocycles. The maximum Gasteiger partial charge on any atom is 0.269 e.